The van der Waals surface area contributed by atoms with E-state index in [1.807, 2.05) is 18.2 Å². The average molecular weight is 214 g/mol. The third-order valence-corrected chi connectivity index (χ3v) is 2.84. The molecule has 0 atom stereocenters. The molecule has 0 aliphatic heterocycles. The van der Waals surface area contributed by atoms with Gasteiger partial charge in [0.15, 0.2) is 11.3 Å². The normalized spacial score (nSPS) is 15.2. The van der Waals surface area contributed by atoms with Crippen LogP contribution in [-0.2, 0) is 0 Å². The average Bonchev–Trinajstić information content (AvgIpc) is 3.11. The van der Waals surface area contributed by atoms with E-state index in [9.17, 15) is 4.79 Å². The lowest BCUT2D eigenvalue weighted by Crippen LogP contribution is -2.06. The quantitative estimate of drug-likeness (QED) is 0.832. The third kappa shape index (κ3) is 1.43. The number of nitrogens with zero attached hydrogens (tertiary/aromatic N) is 2. The van der Waals surface area contributed by atoms with Crippen molar-refractivity contribution in [3.63, 3.8) is 0 Å². The summed E-state index contributed by atoms with van der Waals surface area (Å²) in [6, 6.07) is 5.66. The Balaban J connectivity index is 2.28. The Bertz CT molecular complexity index is 576. The van der Waals surface area contributed by atoms with E-state index in [4.69, 9.17) is 5.11 Å². The molecular formula is C12H10N2O2. The molecule has 0 amide bonds. The Morgan fingerprint density at radius 2 is 2.25 bits per heavy atom. The lowest BCUT2D eigenvalue weighted by molar-refractivity contribution is 0.0689. The van der Waals surface area contributed by atoms with E-state index in [0.717, 1.165) is 23.8 Å². The number of rotatable bonds is 2. The Kier molecular flexibility index (Phi) is 1.89. The molecule has 0 unspecified atom stereocenters. The molecule has 0 saturated heterocycles. The summed E-state index contributed by atoms with van der Waals surface area (Å²) in [6.07, 6.45) is 3.75. The van der Waals surface area contributed by atoms with Gasteiger partial charge in [0.05, 0.1) is 0 Å². The van der Waals surface area contributed by atoms with Crippen molar-refractivity contribution in [1.29, 1.82) is 0 Å². The second kappa shape index (κ2) is 3.27. The number of fused-ring (bicyclic) bond motifs is 1. The SMILES string of the molecule is O=C(O)c1nc2ncccc2cc1C1CC1. The van der Waals surface area contributed by atoms with E-state index >= 15 is 0 Å². The third-order valence-electron chi connectivity index (χ3n) is 2.84. The Hall–Kier alpha value is -1.97. The second-order valence-electron chi connectivity index (χ2n) is 4.06. The summed E-state index contributed by atoms with van der Waals surface area (Å²) < 4.78 is 0. The number of carbonyl (C=O) groups is 1. The first-order valence-corrected chi connectivity index (χ1v) is 5.24. The van der Waals surface area contributed by atoms with Crippen LogP contribution in [0.25, 0.3) is 11.0 Å². The highest BCUT2D eigenvalue weighted by Gasteiger charge is 2.29. The summed E-state index contributed by atoms with van der Waals surface area (Å²) in [7, 11) is 0. The van der Waals surface area contributed by atoms with Gasteiger partial charge in [-0.2, -0.15) is 0 Å². The van der Waals surface area contributed by atoms with Crippen molar-refractivity contribution in [3.05, 3.63) is 35.7 Å². The van der Waals surface area contributed by atoms with Crippen LogP contribution in [-0.4, -0.2) is 21.0 Å². The predicted octanol–water partition coefficient (Wildman–Crippen LogP) is 2.21. The summed E-state index contributed by atoms with van der Waals surface area (Å²) in [5.41, 5.74) is 1.52. The van der Waals surface area contributed by atoms with Gasteiger partial charge >= 0.3 is 5.97 Å². The summed E-state index contributed by atoms with van der Waals surface area (Å²) in [5.74, 6) is -0.586. The fraction of sp³-hybridized carbons (Fsp3) is 0.250. The van der Waals surface area contributed by atoms with Crippen LogP contribution in [0.4, 0.5) is 0 Å². The van der Waals surface area contributed by atoms with Crippen LogP contribution in [0.15, 0.2) is 24.4 Å². The number of hydrogen-bond acceptors (Lipinski definition) is 3. The van der Waals surface area contributed by atoms with Crippen LogP contribution < -0.4 is 0 Å². The number of pyridine rings is 2. The molecule has 3 rings (SSSR count). The summed E-state index contributed by atoms with van der Waals surface area (Å²) in [5, 5.41) is 10.0. The zero-order valence-electron chi connectivity index (χ0n) is 8.55. The van der Waals surface area contributed by atoms with Crippen LogP contribution in [0, 0.1) is 0 Å². The molecule has 2 aromatic rings. The van der Waals surface area contributed by atoms with Gasteiger partial charge in [-0.05, 0) is 42.5 Å². The summed E-state index contributed by atoms with van der Waals surface area (Å²) in [4.78, 5) is 19.3. The van der Waals surface area contributed by atoms with Gasteiger partial charge in [-0.1, -0.05) is 0 Å². The molecule has 2 aromatic heterocycles. The molecule has 1 N–H and O–H groups in total. The number of hydrogen-bond donors (Lipinski definition) is 1. The highest BCUT2D eigenvalue weighted by molar-refractivity contribution is 5.91. The molecule has 0 radical (unpaired) electrons. The molecule has 1 fully saturated rings. The van der Waals surface area contributed by atoms with Crippen molar-refractivity contribution in [2.45, 2.75) is 18.8 Å². The Morgan fingerprint density at radius 3 is 2.94 bits per heavy atom. The molecule has 1 aliphatic carbocycles. The van der Waals surface area contributed by atoms with Gasteiger partial charge in [0.1, 0.15) is 0 Å². The molecule has 1 saturated carbocycles. The molecule has 0 spiro atoms. The molecular weight excluding hydrogens is 204 g/mol. The maximum absolute atomic E-state index is 11.1. The fourth-order valence-electron chi connectivity index (χ4n) is 1.90. The van der Waals surface area contributed by atoms with Gasteiger partial charge in [0, 0.05) is 11.6 Å². The molecule has 4 heteroatoms. The highest BCUT2D eigenvalue weighted by atomic mass is 16.4. The lowest BCUT2D eigenvalue weighted by Gasteiger charge is -2.05. The van der Waals surface area contributed by atoms with Crippen LogP contribution in [0.2, 0.25) is 0 Å². The molecule has 4 nitrogen and oxygen atoms in total. The minimum absolute atomic E-state index is 0.161. The molecule has 80 valence electrons. The van der Waals surface area contributed by atoms with Gasteiger partial charge in [-0.15, -0.1) is 0 Å². The van der Waals surface area contributed by atoms with Crippen LogP contribution in [0.5, 0.6) is 0 Å². The molecule has 0 bridgehead atoms. The van der Waals surface area contributed by atoms with Crippen molar-refractivity contribution < 1.29 is 9.90 Å². The predicted molar refractivity (Wildman–Crippen MR) is 58.5 cm³/mol. The van der Waals surface area contributed by atoms with Gasteiger partial charge in [0.25, 0.3) is 0 Å². The molecule has 16 heavy (non-hydrogen) atoms. The van der Waals surface area contributed by atoms with E-state index in [2.05, 4.69) is 9.97 Å². The van der Waals surface area contributed by atoms with Crippen molar-refractivity contribution >= 4 is 17.0 Å². The highest BCUT2D eigenvalue weighted by Crippen LogP contribution is 2.42. The second-order valence-corrected chi connectivity index (χ2v) is 4.06. The van der Waals surface area contributed by atoms with Crippen molar-refractivity contribution in [1.82, 2.24) is 9.97 Å². The van der Waals surface area contributed by atoms with Gasteiger partial charge in [0.2, 0.25) is 0 Å². The number of carboxylic acids is 1. The number of carboxylic acid groups (broad SMARTS) is 1. The number of aromatic carboxylic acids is 1. The molecule has 0 aromatic carbocycles. The Labute approximate surface area is 92.0 Å². The first kappa shape index (κ1) is 9.27. The topological polar surface area (TPSA) is 63.1 Å². The van der Waals surface area contributed by atoms with Crippen molar-refractivity contribution in [2.24, 2.45) is 0 Å². The van der Waals surface area contributed by atoms with Gasteiger partial charge in [-0.3, -0.25) is 0 Å². The monoisotopic (exact) mass is 214 g/mol. The zero-order valence-corrected chi connectivity index (χ0v) is 8.55. The van der Waals surface area contributed by atoms with E-state index in [0.29, 0.717) is 11.6 Å². The largest absolute Gasteiger partial charge is 0.477 e. The van der Waals surface area contributed by atoms with Crippen molar-refractivity contribution in [3.8, 4) is 0 Å². The molecule has 1 aliphatic rings. The van der Waals surface area contributed by atoms with Crippen molar-refractivity contribution in [2.75, 3.05) is 0 Å². The van der Waals surface area contributed by atoms with E-state index < -0.39 is 5.97 Å². The van der Waals surface area contributed by atoms with Crippen LogP contribution >= 0.6 is 0 Å². The van der Waals surface area contributed by atoms with Gasteiger partial charge in [-0.25, -0.2) is 14.8 Å². The standard InChI is InChI=1S/C12H10N2O2/c15-12(16)10-9(7-3-4-7)6-8-2-1-5-13-11(8)14-10/h1-2,5-7H,3-4H2,(H,15,16). The number of aromatic nitrogens is 2. The first-order valence-electron chi connectivity index (χ1n) is 5.24. The smallest absolute Gasteiger partial charge is 0.354 e. The fourth-order valence-corrected chi connectivity index (χ4v) is 1.90. The lowest BCUT2D eigenvalue weighted by atomic mass is 10.1. The minimum atomic E-state index is -0.963. The molecule has 2 heterocycles. The maximum atomic E-state index is 11.1. The minimum Gasteiger partial charge on any atom is -0.477 e. The van der Waals surface area contributed by atoms with E-state index in [1.54, 1.807) is 6.20 Å². The first-order chi connectivity index (χ1) is 7.75. The Morgan fingerprint density at radius 1 is 1.44 bits per heavy atom. The van der Waals surface area contributed by atoms with Gasteiger partial charge < -0.3 is 5.11 Å². The maximum Gasteiger partial charge on any atom is 0.354 e. The van der Waals surface area contributed by atoms with Crippen LogP contribution in [0.3, 0.4) is 0 Å². The van der Waals surface area contributed by atoms with Crippen LogP contribution in [0.1, 0.15) is 34.8 Å². The summed E-state index contributed by atoms with van der Waals surface area (Å²) >= 11 is 0. The summed E-state index contributed by atoms with van der Waals surface area (Å²) in [6.45, 7) is 0. The van der Waals surface area contributed by atoms with E-state index in [1.165, 1.54) is 0 Å². The zero-order chi connectivity index (χ0) is 11.1. The van der Waals surface area contributed by atoms with E-state index in [-0.39, 0.29) is 5.69 Å².